The largest absolute Gasteiger partial charge is 0.399 e. The minimum absolute atomic E-state index is 0.155. The Morgan fingerprint density at radius 3 is 2.44 bits per heavy atom. The summed E-state index contributed by atoms with van der Waals surface area (Å²) in [5, 5.41) is 5.53. The van der Waals surface area contributed by atoms with Gasteiger partial charge in [0.25, 0.3) is 5.91 Å². The zero-order valence-corrected chi connectivity index (χ0v) is 11.2. The maximum atomic E-state index is 11.8. The molecule has 0 aliphatic rings. The fraction of sp³-hybridized carbons (Fsp3) is 0.273. The normalized spacial score (nSPS) is 9.94. The first-order chi connectivity index (χ1) is 8.41. The van der Waals surface area contributed by atoms with Crippen molar-refractivity contribution in [3.8, 4) is 0 Å². The molecule has 0 saturated heterocycles. The summed E-state index contributed by atoms with van der Waals surface area (Å²) in [5.41, 5.74) is 6.15. The van der Waals surface area contributed by atoms with Crippen LogP contribution in [0.5, 0.6) is 0 Å². The van der Waals surface area contributed by atoms with E-state index in [1.165, 1.54) is 19.1 Å². The first-order valence-corrected chi connectivity index (χ1v) is 5.94. The molecule has 18 heavy (non-hydrogen) atoms. The van der Waals surface area contributed by atoms with E-state index in [0.29, 0.717) is 18.8 Å². The molecule has 7 heteroatoms. The number of hydrogen-bond donors (Lipinski definition) is 3. The van der Waals surface area contributed by atoms with Crippen molar-refractivity contribution >= 4 is 40.7 Å². The van der Waals surface area contributed by atoms with Crippen LogP contribution >= 0.6 is 23.2 Å². The number of nitrogen functional groups attached to an aromatic ring is 1. The Balaban J connectivity index is 2.64. The molecule has 0 atom stereocenters. The summed E-state index contributed by atoms with van der Waals surface area (Å²) in [4.78, 5) is 22.4. The van der Waals surface area contributed by atoms with Crippen molar-refractivity contribution in [2.75, 3.05) is 18.8 Å². The highest BCUT2D eigenvalue weighted by Gasteiger charge is 2.13. The van der Waals surface area contributed by atoms with E-state index < -0.39 is 0 Å². The fourth-order valence-electron chi connectivity index (χ4n) is 1.29. The fourth-order valence-corrected chi connectivity index (χ4v) is 1.71. The second kappa shape index (κ2) is 6.47. The molecule has 1 rings (SSSR count). The number of halogens is 2. The Bertz CT molecular complexity index is 478. The van der Waals surface area contributed by atoms with Crippen LogP contribution in [0.1, 0.15) is 17.3 Å². The van der Waals surface area contributed by atoms with Gasteiger partial charge in [0.1, 0.15) is 0 Å². The molecule has 0 aromatic heterocycles. The second-order valence-corrected chi connectivity index (χ2v) is 4.39. The Labute approximate surface area is 115 Å². The summed E-state index contributed by atoms with van der Waals surface area (Å²) in [6.45, 7) is 2.03. The van der Waals surface area contributed by atoms with Gasteiger partial charge in [0, 0.05) is 25.7 Å². The second-order valence-electron chi connectivity index (χ2n) is 3.60. The Kier molecular flexibility index (Phi) is 5.25. The average molecular weight is 290 g/mol. The van der Waals surface area contributed by atoms with Gasteiger partial charge < -0.3 is 16.4 Å². The molecule has 98 valence electrons. The smallest absolute Gasteiger partial charge is 0.252 e. The molecular formula is C11H13Cl2N3O2. The molecule has 0 aliphatic carbocycles. The van der Waals surface area contributed by atoms with Crippen molar-refractivity contribution < 1.29 is 9.59 Å². The number of hydrogen-bond acceptors (Lipinski definition) is 3. The molecule has 0 heterocycles. The maximum absolute atomic E-state index is 11.8. The highest BCUT2D eigenvalue weighted by molar-refractivity contribution is 6.44. The van der Waals surface area contributed by atoms with Crippen LogP contribution in [0.3, 0.4) is 0 Å². The van der Waals surface area contributed by atoms with Gasteiger partial charge in [-0.25, -0.2) is 0 Å². The summed E-state index contributed by atoms with van der Waals surface area (Å²) in [6.07, 6.45) is 0. The van der Waals surface area contributed by atoms with Gasteiger partial charge in [0.2, 0.25) is 5.91 Å². The van der Waals surface area contributed by atoms with E-state index in [2.05, 4.69) is 10.6 Å². The zero-order valence-electron chi connectivity index (χ0n) is 9.72. The molecule has 0 unspecified atom stereocenters. The summed E-state index contributed by atoms with van der Waals surface area (Å²) in [6, 6.07) is 2.92. The van der Waals surface area contributed by atoms with Gasteiger partial charge >= 0.3 is 0 Å². The van der Waals surface area contributed by atoms with E-state index in [9.17, 15) is 9.59 Å². The average Bonchev–Trinajstić information content (AvgIpc) is 2.28. The van der Waals surface area contributed by atoms with Gasteiger partial charge in [-0.05, 0) is 12.1 Å². The molecule has 0 saturated carbocycles. The quantitative estimate of drug-likeness (QED) is 0.579. The molecule has 0 aliphatic heterocycles. The van der Waals surface area contributed by atoms with Crippen molar-refractivity contribution in [1.82, 2.24) is 10.6 Å². The third-order valence-electron chi connectivity index (χ3n) is 2.08. The minimum Gasteiger partial charge on any atom is -0.399 e. The number of carbonyl (C=O) groups excluding carboxylic acids is 2. The first kappa shape index (κ1) is 14.6. The lowest BCUT2D eigenvalue weighted by atomic mass is 10.2. The number of amides is 2. The molecule has 4 N–H and O–H groups in total. The molecule has 1 aromatic carbocycles. The van der Waals surface area contributed by atoms with Crippen molar-refractivity contribution in [1.29, 1.82) is 0 Å². The molecular weight excluding hydrogens is 277 g/mol. The molecule has 0 spiro atoms. The third kappa shape index (κ3) is 4.09. The maximum Gasteiger partial charge on any atom is 0.252 e. The lowest BCUT2D eigenvalue weighted by Gasteiger charge is -2.09. The third-order valence-corrected chi connectivity index (χ3v) is 2.88. The molecule has 0 radical (unpaired) electrons. The monoisotopic (exact) mass is 289 g/mol. The number of nitrogens with one attached hydrogen (secondary N) is 2. The van der Waals surface area contributed by atoms with Crippen molar-refractivity contribution in [2.24, 2.45) is 0 Å². The van der Waals surface area contributed by atoms with Crippen LogP contribution in [0.15, 0.2) is 12.1 Å². The van der Waals surface area contributed by atoms with Crippen molar-refractivity contribution in [3.05, 3.63) is 27.7 Å². The van der Waals surface area contributed by atoms with Crippen LogP contribution in [-0.4, -0.2) is 24.9 Å². The summed E-state index contributed by atoms with van der Waals surface area (Å²) in [7, 11) is 0. The molecule has 2 amide bonds. The predicted molar refractivity (Wildman–Crippen MR) is 71.9 cm³/mol. The van der Waals surface area contributed by atoms with Crippen molar-refractivity contribution in [2.45, 2.75) is 6.92 Å². The van der Waals surface area contributed by atoms with E-state index in [4.69, 9.17) is 28.9 Å². The number of benzene rings is 1. The predicted octanol–water partition coefficient (Wildman–Crippen LogP) is 1.44. The zero-order chi connectivity index (χ0) is 13.7. The lowest BCUT2D eigenvalue weighted by molar-refractivity contribution is -0.118. The topological polar surface area (TPSA) is 84.2 Å². The molecule has 1 aromatic rings. The minimum atomic E-state index is -0.389. The standard InChI is InChI=1S/C11H13Cl2N3O2/c1-6(17)15-2-3-16-11(18)8-4-7(14)5-9(12)10(8)13/h4-5H,2-3,14H2,1H3,(H,15,17)(H,16,18). The van der Waals surface area contributed by atoms with E-state index in [1.54, 1.807) is 0 Å². The number of nitrogens with two attached hydrogens (primary N) is 1. The van der Waals surface area contributed by atoms with E-state index >= 15 is 0 Å². The van der Waals surface area contributed by atoms with Crippen LogP contribution in [0, 0.1) is 0 Å². The van der Waals surface area contributed by atoms with E-state index in [0.717, 1.165) is 0 Å². The summed E-state index contributed by atoms with van der Waals surface area (Å²) in [5.74, 6) is -0.547. The Hall–Kier alpha value is -1.46. The van der Waals surface area contributed by atoms with Gasteiger partial charge in [0.15, 0.2) is 0 Å². The van der Waals surface area contributed by atoms with Gasteiger partial charge in [0.05, 0.1) is 15.6 Å². The van der Waals surface area contributed by atoms with Crippen LogP contribution < -0.4 is 16.4 Å². The number of carbonyl (C=O) groups is 2. The highest BCUT2D eigenvalue weighted by Crippen LogP contribution is 2.28. The van der Waals surface area contributed by atoms with Crippen LogP contribution in [0.25, 0.3) is 0 Å². The van der Waals surface area contributed by atoms with Gasteiger partial charge in [-0.2, -0.15) is 0 Å². The Morgan fingerprint density at radius 2 is 1.83 bits per heavy atom. The van der Waals surface area contributed by atoms with E-state index in [-0.39, 0.29) is 27.4 Å². The Morgan fingerprint density at radius 1 is 1.22 bits per heavy atom. The lowest BCUT2D eigenvalue weighted by Crippen LogP contribution is -2.33. The molecule has 5 nitrogen and oxygen atoms in total. The van der Waals surface area contributed by atoms with Crippen LogP contribution in [-0.2, 0) is 4.79 Å². The van der Waals surface area contributed by atoms with Gasteiger partial charge in [-0.1, -0.05) is 23.2 Å². The van der Waals surface area contributed by atoms with Gasteiger partial charge in [-0.15, -0.1) is 0 Å². The van der Waals surface area contributed by atoms with Gasteiger partial charge in [-0.3, -0.25) is 9.59 Å². The van der Waals surface area contributed by atoms with Crippen LogP contribution in [0.2, 0.25) is 10.0 Å². The highest BCUT2D eigenvalue weighted by atomic mass is 35.5. The number of anilines is 1. The molecule has 0 fully saturated rings. The summed E-state index contributed by atoms with van der Waals surface area (Å²) < 4.78 is 0. The van der Waals surface area contributed by atoms with Crippen molar-refractivity contribution in [3.63, 3.8) is 0 Å². The van der Waals surface area contributed by atoms with E-state index in [1.807, 2.05) is 0 Å². The SMILES string of the molecule is CC(=O)NCCNC(=O)c1cc(N)cc(Cl)c1Cl. The summed E-state index contributed by atoms with van der Waals surface area (Å²) >= 11 is 11.7. The first-order valence-electron chi connectivity index (χ1n) is 5.19. The van der Waals surface area contributed by atoms with Crippen LogP contribution in [0.4, 0.5) is 5.69 Å². The number of rotatable bonds is 4. The molecule has 0 bridgehead atoms.